The predicted octanol–water partition coefficient (Wildman–Crippen LogP) is 5.66. The van der Waals surface area contributed by atoms with Crippen LogP contribution in [-0.2, 0) is 6.18 Å². The van der Waals surface area contributed by atoms with Gasteiger partial charge < -0.3 is 0 Å². The number of alkyl halides is 3. The lowest BCUT2D eigenvalue weighted by atomic mass is 10.1. The Hall–Kier alpha value is -2.52. The highest BCUT2D eigenvalue weighted by atomic mass is 79.9. The molecule has 1 N–H and O–H groups in total. The zero-order chi connectivity index (χ0) is 20.3. The third-order valence-corrected chi connectivity index (χ3v) is 5.45. The summed E-state index contributed by atoms with van der Waals surface area (Å²) in [6.07, 6.45) is -2.88. The van der Waals surface area contributed by atoms with Crippen LogP contribution in [0.4, 0.5) is 13.2 Å². The molecule has 0 aliphatic rings. The smallest absolute Gasteiger partial charge is 0.266 e. The monoisotopic (exact) mass is 467 g/mol. The van der Waals surface area contributed by atoms with Crippen molar-refractivity contribution in [3.05, 3.63) is 74.7 Å². The van der Waals surface area contributed by atoms with Crippen LogP contribution in [-0.4, -0.2) is 17.1 Å². The lowest BCUT2D eigenvalue weighted by molar-refractivity contribution is -0.137. The maximum atomic E-state index is 12.7. The molecule has 0 radical (unpaired) electrons. The largest absolute Gasteiger partial charge is 0.416 e. The molecule has 4 nitrogen and oxygen atoms in total. The summed E-state index contributed by atoms with van der Waals surface area (Å²) in [6, 6.07) is 12.0. The maximum absolute atomic E-state index is 12.7. The molecular weight excluding hydrogens is 455 g/mol. The molecule has 28 heavy (non-hydrogen) atoms. The Bertz CT molecular complexity index is 1010. The first kappa shape index (κ1) is 20.2. The number of thiazole rings is 1. The van der Waals surface area contributed by atoms with E-state index >= 15 is 0 Å². The van der Waals surface area contributed by atoms with Gasteiger partial charge in [0.05, 0.1) is 17.5 Å². The van der Waals surface area contributed by atoms with Crippen LogP contribution in [0.3, 0.4) is 0 Å². The van der Waals surface area contributed by atoms with Crippen molar-refractivity contribution in [2.24, 2.45) is 5.10 Å². The van der Waals surface area contributed by atoms with Crippen LogP contribution in [0.25, 0.3) is 10.6 Å². The second kappa shape index (κ2) is 8.24. The third-order valence-electron chi connectivity index (χ3n) is 3.71. The van der Waals surface area contributed by atoms with Crippen LogP contribution in [0.2, 0.25) is 0 Å². The molecule has 9 heteroatoms. The van der Waals surface area contributed by atoms with Crippen molar-refractivity contribution in [2.75, 3.05) is 0 Å². The van der Waals surface area contributed by atoms with E-state index in [4.69, 9.17) is 0 Å². The van der Waals surface area contributed by atoms with Crippen LogP contribution >= 0.6 is 27.3 Å². The van der Waals surface area contributed by atoms with E-state index in [0.717, 1.165) is 33.5 Å². The third kappa shape index (κ3) is 4.85. The maximum Gasteiger partial charge on any atom is 0.416 e. The van der Waals surface area contributed by atoms with Gasteiger partial charge in [-0.1, -0.05) is 40.2 Å². The van der Waals surface area contributed by atoms with Gasteiger partial charge >= 0.3 is 6.18 Å². The minimum atomic E-state index is -4.39. The Balaban J connectivity index is 1.72. The molecule has 1 aromatic heterocycles. The molecule has 0 bridgehead atoms. The molecule has 0 saturated heterocycles. The first-order chi connectivity index (χ1) is 13.2. The van der Waals surface area contributed by atoms with Crippen LogP contribution in [0, 0.1) is 6.92 Å². The minimum absolute atomic E-state index is 0.350. The van der Waals surface area contributed by atoms with E-state index in [1.165, 1.54) is 18.3 Å². The molecule has 0 spiro atoms. The number of nitrogens with zero attached hydrogens (tertiary/aromatic N) is 2. The molecule has 0 saturated carbocycles. The van der Waals surface area contributed by atoms with Gasteiger partial charge in [0, 0.05) is 10.0 Å². The number of hydrogen-bond acceptors (Lipinski definition) is 4. The van der Waals surface area contributed by atoms with E-state index in [1.807, 2.05) is 24.3 Å². The molecule has 0 aliphatic heterocycles. The number of benzene rings is 2. The average molecular weight is 468 g/mol. The highest BCUT2D eigenvalue weighted by molar-refractivity contribution is 9.10. The predicted molar refractivity (Wildman–Crippen MR) is 106 cm³/mol. The average Bonchev–Trinajstić information content (AvgIpc) is 3.04. The van der Waals surface area contributed by atoms with E-state index < -0.39 is 17.6 Å². The van der Waals surface area contributed by atoms with E-state index in [-0.39, 0.29) is 0 Å². The summed E-state index contributed by atoms with van der Waals surface area (Å²) in [4.78, 5) is 17.0. The summed E-state index contributed by atoms with van der Waals surface area (Å²) in [6.45, 7) is 1.66. The number of aryl methyl sites for hydroxylation is 1. The van der Waals surface area contributed by atoms with Gasteiger partial charge in [-0.15, -0.1) is 11.3 Å². The molecule has 3 rings (SSSR count). The van der Waals surface area contributed by atoms with Crippen LogP contribution in [0.1, 0.15) is 26.5 Å². The fraction of sp³-hybridized carbons (Fsp3) is 0.105. The summed E-state index contributed by atoms with van der Waals surface area (Å²) in [5.41, 5.74) is 3.52. The molecular formula is C19H13BrF3N3OS. The van der Waals surface area contributed by atoms with Gasteiger partial charge in [-0.05, 0) is 36.8 Å². The lowest BCUT2D eigenvalue weighted by Gasteiger charge is -2.06. The van der Waals surface area contributed by atoms with Gasteiger partial charge in [0.15, 0.2) is 0 Å². The van der Waals surface area contributed by atoms with E-state index in [2.05, 4.69) is 31.4 Å². The van der Waals surface area contributed by atoms with Crippen molar-refractivity contribution >= 4 is 39.4 Å². The summed E-state index contributed by atoms with van der Waals surface area (Å²) in [5.74, 6) is -0.429. The van der Waals surface area contributed by atoms with Gasteiger partial charge in [-0.2, -0.15) is 18.3 Å². The normalized spacial score (nSPS) is 11.8. The standard InChI is InChI=1S/C19H13BrF3N3OS/c1-11-16(17(27)26-24-10-12-2-8-15(20)9-3-12)28-18(25-11)13-4-6-14(7-5-13)19(21,22)23/h2-10H,1H3,(H,26,27)/b24-10+. The highest BCUT2D eigenvalue weighted by Crippen LogP contribution is 2.32. The zero-order valence-electron chi connectivity index (χ0n) is 14.4. The van der Waals surface area contributed by atoms with Gasteiger partial charge in [0.1, 0.15) is 9.88 Å². The second-order valence-electron chi connectivity index (χ2n) is 5.76. The molecule has 0 unspecified atom stereocenters. The second-order valence-corrected chi connectivity index (χ2v) is 7.67. The molecule has 1 heterocycles. The number of carbonyl (C=O) groups excluding carboxylic acids is 1. The number of nitrogens with one attached hydrogen (secondary N) is 1. The lowest BCUT2D eigenvalue weighted by Crippen LogP contribution is -2.17. The Kier molecular flexibility index (Phi) is 5.95. The number of halogens is 4. The van der Waals surface area contributed by atoms with Crippen molar-refractivity contribution in [1.82, 2.24) is 10.4 Å². The molecule has 2 aromatic carbocycles. The summed E-state index contributed by atoms with van der Waals surface area (Å²) in [7, 11) is 0. The Morgan fingerprint density at radius 2 is 1.79 bits per heavy atom. The molecule has 0 fully saturated rings. The van der Waals surface area contributed by atoms with Crippen molar-refractivity contribution in [1.29, 1.82) is 0 Å². The summed E-state index contributed by atoms with van der Waals surface area (Å²) >= 11 is 4.43. The van der Waals surface area contributed by atoms with Gasteiger partial charge in [-0.3, -0.25) is 4.79 Å². The van der Waals surface area contributed by atoms with Crippen molar-refractivity contribution in [3.8, 4) is 10.6 Å². The van der Waals surface area contributed by atoms with Gasteiger partial charge in [0.2, 0.25) is 0 Å². The van der Waals surface area contributed by atoms with Crippen molar-refractivity contribution in [2.45, 2.75) is 13.1 Å². The number of rotatable bonds is 4. The zero-order valence-corrected chi connectivity index (χ0v) is 16.8. The Labute approximate surface area is 171 Å². The topological polar surface area (TPSA) is 54.4 Å². The Morgan fingerprint density at radius 3 is 2.39 bits per heavy atom. The van der Waals surface area contributed by atoms with E-state index in [9.17, 15) is 18.0 Å². The molecule has 3 aromatic rings. The highest BCUT2D eigenvalue weighted by Gasteiger charge is 2.30. The Morgan fingerprint density at radius 1 is 1.14 bits per heavy atom. The summed E-state index contributed by atoms with van der Waals surface area (Å²) < 4.78 is 39.0. The number of carbonyl (C=O) groups is 1. The first-order valence-electron chi connectivity index (χ1n) is 7.98. The number of hydrogen-bond donors (Lipinski definition) is 1. The number of hydrazone groups is 1. The van der Waals surface area contributed by atoms with Crippen molar-refractivity contribution in [3.63, 3.8) is 0 Å². The van der Waals surface area contributed by atoms with Gasteiger partial charge in [-0.25, -0.2) is 10.4 Å². The van der Waals surface area contributed by atoms with Crippen LogP contribution in [0.5, 0.6) is 0 Å². The molecule has 0 atom stereocenters. The molecule has 0 aliphatic carbocycles. The van der Waals surface area contributed by atoms with E-state index in [1.54, 1.807) is 6.92 Å². The first-order valence-corrected chi connectivity index (χ1v) is 9.59. The molecule has 1 amide bonds. The summed E-state index contributed by atoms with van der Waals surface area (Å²) in [5, 5.41) is 4.39. The van der Waals surface area contributed by atoms with Crippen LogP contribution < -0.4 is 5.43 Å². The van der Waals surface area contributed by atoms with Crippen molar-refractivity contribution < 1.29 is 18.0 Å². The minimum Gasteiger partial charge on any atom is -0.266 e. The number of aromatic nitrogens is 1. The van der Waals surface area contributed by atoms with Crippen LogP contribution in [0.15, 0.2) is 58.1 Å². The number of amides is 1. The van der Waals surface area contributed by atoms with Gasteiger partial charge in [0.25, 0.3) is 5.91 Å². The fourth-order valence-electron chi connectivity index (χ4n) is 2.30. The SMILES string of the molecule is Cc1nc(-c2ccc(C(F)(F)F)cc2)sc1C(=O)N/N=C/c1ccc(Br)cc1. The van der Waals surface area contributed by atoms with E-state index in [0.29, 0.717) is 21.1 Å². The fourth-order valence-corrected chi connectivity index (χ4v) is 3.52. The quantitative estimate of drug-likeness (QED) is 0.397. The molecule has 144 valence electrons.